The molecule has 1 N–H and O–H groups in total. The van der Waals surface area contributed by atoms with Crippen LogP contribution in [-0.4, -0.2) is 38.8 Å². The first-order valence-electron chi connectivity index (χ1n) is 12.5. The first-order valence-corrected chi connectivity index (χ1v) is 14.3. The predicted octanol–water partition coefficient (Wildman–Crippen LogP) is 5.72. The molecule has 0 saturated heterocycles. The Morgan fingerprint density at radius 2 is 1.73 bits per heavy atom. The monoisotopic (exact) mass is 578 g/mol. The lowest BCUT2D eigenvalue weighted by molar-refractivity contribution is -0.119. The molecule has 4 rings (SSSR count). The Morgan fingerprint density at radius 3 is 2.38 bits per heavy atom. The van der Waals surface area contributed by atoms with Crippen LogP contribution < -0.4 is 14.5 Å². The van der Waals surface area contributed by atoms with E-state index in [2.05, 4.69) is 21.2 Å². The van der Waals surface area contributed by atoms with Gasteiger partial charge in [-0.15, -0.1) is 0 Å². The number of carbonyl (C=O) groups excluding carboxylic acids is 1. The smallest absolute Gasteiger partial charge is 0.264 e. The fourth-order valence-corrected chi connectivity index (χ4v) is 6.05. The normalized spacial score (nSPS) is 11.6. The molecule has 0 fully saturated rings. The number of benzene rings is 3. The standard InChI is InChI=1S/C30H31ClN4O4S/c1-20-9-12-27(13-10-20)40(37,38)34(25-11-14-29(39-5)28(31)17-25)19-30(36)33-32-18-24-16-22(3)35(23(24)4)26-8-6-7-21(2)15-26/h6-18H,19H2,1-5H3,(H,33,36)/b32-18+. The van der Waals surface area contributed by atoms with E-state index in [4.69, 9.17) is 16.3 Å². The van der Waals surface area contributed by atoms with E-state index in [1.54, 1.807) is 24.4 Å². The van der Waals surface area contributed by atoms with Gasteiger partial charge in [-0.1, -0.05) is 41.4 Å². The number of hydrogen-bond acceptors (Lipinski definition) is 5. The summed E-state index contributed by atoms with van der Waals surface area (Å²) in [5.41, 5.74) is 8.57. The van der Waals surface area contributed by atoms with Crippen LogP contribution in [0.1, 0.15) is 28.1 Å². The summed E-state index contributed by atoms with van der Waals surface area (Å²) in [6, 6.07) is 21.1. The minimum absolute atomic E-state index is 0.0462. The number of aromatic nitrogens is 1. The van der Waals surface area contributed by atoms with Gasteiger partial charge in [-0.05, 0) is 81.8 Å². The third-order valence-electron chi connectivity index (χ3n) is 6.44. The van der Waals surface area contributed by atoms with Crippen LogP contribution in [0.25, 0.3) is 5.69 Å². The number of nitrogens with one attached hydrogen (secondary N) is 1. The number of carbonyl (C=O) groups is 1. The maximum absolute atomic E-state index is 13.6. The molecule has 208 valence electrons. The van der Waals surface area contributed by atoms with Gasteiger partial charge in [0, 0.05) is 22.6 Å². The molecule has 1 aromatic heterocycles. The Kier molecular flexibility index (Phi) is 8.66. The highest BCUT2D eigenvalue weighted by atomic mass is 35.5. The molecule has 0 aliphatic carbocycles. The van der Waals surface area contributed by atoms with Crippen LogP contribution in [0, 0.1) is 27.7 Å². The Morgan fingerprint density at radius 1 is 1.00 bits per heavy atom. The molecule has 0 aliphatic rings. The van der Waals surface area contributed by atoms with Crippen molar-refractivity contribution in [2.75, 3.05) is 18.0 Å². The molecule has 0 saturated carbocycles. The zero-order valence-electron chi connectivity index (χ0n) is 23.0. The van der Waals surface area contributed by atoms with Crippen LogP contribution in [0.2, 0.25) is 5.02 Å². The van der Waals surface area contributed by atoms with Crippen molar-refractivity contribution in [1.82, 2.24) is 9.99 Å². The number of rotatable bonds is 9. The van der Waals surface area contributed by atoms with Gasteiger partial charge in [0.05, 0.1) is 28.9 Å². The van der Waals surface area contributed by atoms with Crippen LogP contribution in [0.4, 0.5) is 5.69 Å². The number of hydrogen-bond donors (Lipinski definition) is 1. The van der Waals surface area contributed by atoms with Gasteiger partial charge in [0.25, 0.3) is 15.9 Å². The molecule has 0 atom stereocenters. The molecule has 0 spiro atoms. The highest BCUT2D eigenvalue weighted by Crippen LogP contribution is 2.32. The van der Waals surface area contributed by atoms with Crippen molar-refractivity contribution in [1.29, 1.82) is 0 Å². The van der Waals surface area contributed by atoms with Gasteiger partial charge >= 0.3 is 0 Å². The van der Waals surface area contributed by atoms with Crippen LogP contribution in [0.15, 0.2) is 82.8 Å². The molecule has 0 bridgehead atoms. The summed E-state index contributed by atoms with van der Waals surface area (Å²) in [5, 5.41) is 4.34. The van der Waals surface area contributed by atoms with Gasteiger partial charge in [-0.2, -0.15) is 5.10 Å². The van der Waals surface area contributed by atoms with E-state index < -0.39 is 22.5 Å². The quantitative estimate of drug-likeness (QED) is 0.203. The molecule has 4 aromatic rings. The summed E-state index contributed by atoms with van der Waals surface area (Å²) in [6.07, 6.45) is 1.55. The molecule has 1 heterocycles. The molecule has 0 unspecified atom stereocenters. The Bertz CT molecular complexity index is 1680. The number of halogens is 1. The zero-order valence-corrected chi connectivity index (χ0v) is 24.5. The summed E-state index contributed by atoms with van der Waals surface area (Å²) < 4.78 is 35.5. The average molecular weight is 579 g/mol. The van der Waals surface area contributed by atoms with Crippen molar-refractivity contribution >= 4 is 39.4 Å². The van der Waals surface area contributed by atoms with Gasteiger partial charge in [0.2, 0.25) is 0 Å². The van der Waals surface area contributed by atoms with Gasteiger partial charge in [-0.3, -0.25) is 9.10 Å². The second-order valence-corrected chi connectivity index (χ2v) is 11.7. The number of hydrazone groups is 1. The van der Waals surface area contributed by atoms with E-state index in [1.165, 1.54) is 31.4 Å². The topological polar surface area (TPSA) is 93.0 Å². The lowest BCUT2D eigenvalue weighted by Gasteiger charge is -2.24. The summed E-state index contributed by atoms with van der Waals surface area (Å²) in [6.45, 7) is 7.36. The number of sulfonamides is 1. The Balaban J connectivity index is 1.58. The van der Waals surface area contributed by atoms with Gasteiger partial charge in [0.15, 0.2) is 0 Å². The summed E-state index contributed by atoms with van der Waals surface area (Å²) >= 11 is 6.29. The molecule has 40 heavy (non-hydrogen) atoms. The highest BCUT2D eigenvalue weighted by Gasteiger charge is 2.28. The summed E-state index contributed by atoms with van der Waals surface area (Å²) in [5.74, 6) is -0.234. The number of nitrogens with zero attached hydrogens (tertiary/aromatic N) is 3. The zero-order chi connectivity index (χ0) is 29.0. The van der Waals surface area contributed by atoms with Crippen molar-refractivity contribution in [3.05, 3.63) is 106 Å². The third-order valence-corrected chi connectivity index (χ3v) is 8.53. The van der Waals surface area contributed by atoms with Gasteiger partial charge in [-0.25, -0.2) is 13.8 Å². The van der Waals surface area contributed by atoms with Crippen LogP contribution >= 0.6 is 11.6 Å². The highest BCUT2D eigenvalue weighted by molar-refractivity contribution is 7.92. The Labute approximate surface area is 239 Å². The summed E-state index contributed by atoms with van der Waals surface area (Å²) in [7, 11) is -2.64. The van der Waals surface area contributed by atoms with Crippen LogP contribution in [0.3, 0.4) is 0 Å². The average Bonchev–Trinajstić information content (AvgIpc) is 3.19. The number of aryl methyl sites for hydroxylation is 3. The molecular formula is C30H31ClN4O4S. The number of amides is 1. The van der Waals surface area contributed by atoms with Crippen molar-refractivity contribution in [3.63, 3.8) is 0 Å². The van der Waals surface area contributed by atoms with Crippen molar-refractivity contribution in [2.45, 2.75) is 32.6 Å². The first kappa shape index (κ1) is 28.9. The lowest BCUT2D eigenvalue weighted by Crippen LogP contribution is -2.39. The fraction of sp³-hybridized carbons (Fsp3) is 0.200. The predicted molar refractivity (Wildman–Crippen MR) is 159 cm³/mol. The van der Waals surface area contributed by atoms with E-state index in [0.29, 0.717) is 5.75 Å². The third kappa shape index (κ3) is 6.21. The van der Waals surface area contributed by atoms with Crippen molar-refractivity contribution in [3.8, 4) is 11.4 Å². The molecule has 10 heteroatoms. The van der Waals surface area contributed by atoms with Crippen molar-refractivity contribution in [2.24, 2.45) is 5.10 Å². The second kappa shape index (κ2) is 12.0. The molecule has 0 aliphatic heterocycles. The maximum atomic E-state index is 13.6. The van der Waals surface area contributed by atoms with Gasteiger partial charge < -0.3 is 9.30 Å². The molecule has 8 nitrogen and oxygen atoms in total. The van der Waals surface area contributed by atoms with Crippen LogP contribution in [0.5, 0.6) is 5.75 Å². The van der Waals surface area contributed by atoms with E-state index in [0.717, 1.165) is 38.1 Å². The number of ether oxygens (including phenoxy) is 1. The number of anilines is 1. The van der Waals surface area contributed by atoms with E-state index in [1.807, 2.05) is 52.0 Å². The van der Waals surface area contributed by atoms with Gasteiger partial charge in [0.1, 0.15) is 12.3 Å². The minimum atomic E-state index is -4.10. The van der Waals surface area contributed by atoms with E-state index in [-0.39, 0.29) is 15.6 Å². The van der Waals surface area contributed by atoms with E-state index >= 15 is 0 Å². The number of methoxy groups -OCH3 is 1. The maximum Gasteiger partial charge on any atom is 0.264 e. The fourth-order valence-electron chi connectivity index (χ4n) is 4.39. The minimum Gasteiger partial charge on any atom is -0.495 e. The van der Waals surface area contributed by atoms with Crippen molar-refractivity contribution < 1.29 is 17.9 Å². The lowest BCUT2D eigenvalue weighted by atomic mass is 10.2. The Hall–Kier alpha value is -4.08. The molecular weight excluding hydrogens is 548 g/mol. The second-order valence-electron chi connectivity index (χ2n) is 9.44. The molecule has 0 radical (unpaired) electrons. The van der Waals surface area contributed by atoms with E-state index in [9.17, 15) is 13.2 Å². The molecule has 1 amide bonds. The SMILES string of the molecule is COc1ccc(N(CC(=O)N/N=C/c2cc(C)n(-c3cccc(C)c3)c2C)S(=O)(=O)c2ccc(C)cc2)cc1Cl. The summed E-state index contributed by atoms with van der Waals surface area (Å²) in [4.78, 5) is 13.0. The molecule has 3 aromatic carbocycles. The van der Waals surface area contributed by atoms with Crippen LogP contribution in [-0.2, 0) is 14.8 Å². The first-order chi connectivity index (χ1) is 19.0. The largest absolute Gasteiger partial charge is 0.495 e.